The number of aliphatic hydroxyl groups is 1. The number of quaternary nitrogens is 1. The van der Waals surface area contributed by atoms with Crippen molar-refractivity contribution in [2.24, 2.45) is 0 Å². The van der Waals surface area contributed by atoms with E-state index in [1.807, 2.05) is 21.1 Å². The highest BCUT2D eigenvalue weighted by molar-refractivity contribution is 5.87. The molecule has 0 aromatic heterocycles. The van der Waals surface area contributed by atoms with E-state index in [1.165, 1.54) is 0 Å². The molecular weight excluding hydrogens is 262 g/mol. The van der Waals surface area contributed by atoms with Gasteiger partial charge in [-0.15, -0.1) is 0 Å². The van der Waals surface area contributed by atoms with E-state index in [0.717, 1.165) is 0 Å². The van der Waals surface area contributed by atoms with Crippen molar-refractivity contribution in [3.63, 3.8) is 0 Å². The average molecular weight is 283 g/mol. The van der Waals surface area contributed by atoms with Crippen LogP contribution < -0.4 is 5.11 Å². The van der Waals surface area contributed by atoms with E-state index in [9.17, 15) is 14.7 Å². The number of hydrogen-bond acceptors (Lipinski definition) is 4. The normalized spacial score (nSPS) is 12.0. The van der Waals surface area contributed by atoms with Gasteiger partial charge < -0.3 is 24.6 Å². The first-order chi connectivity index (χ1) is 9.11. The minimum atomic E-state index is -1.20. The summed E-state index contributed by atoms with van der Waals surface area (Å²) in [6.07, 6.45) is -1.09. The largest absolute Gasteiger partial charge is 0.550 e. The van der Waals surface area contributed by atoms with Crippen LogP contribution in [0.3, 0.4) is 0 Å². The quantitative estimate of drug-likeness (QED) is 0.715. The van der Waals surface area contributed by atoms with Crippen molar-refractivity contribution in [2.75, 3.05) is 27.7 Å². The third-order valence-electron chi connectivity index (χ3n) is 2.18. The van der Waals surface area contributed by atoms with Gasteiger partial charge in [-0.3, -0.25) is 0 Å². The molecule has 0 bridgehead atoms. The molecule has 0 aliphatic rings. The molecule has 0 aliphatic carbocycles. The van der Waals surface area contributed by atoms with Crippen molar-refractivity contribution in [1.82, 2.24) is 0 Å². The number of aromatic carboxylic acids is 1. The molecule has 112 valence electrons. The van der Waals surface area contributed by atoms with Gasteiger partial charge in [0.1, 0.15) is 12.6 Å². The predicted octanol–water partition coefficient (Wildman–Crippen LogP) is -0.422. The Labute approximate surface area is 118 Å². The number of aliphatic carboxylic acids is 1. The summed E-state index contributed by atoms with van der Waals surface area (Å²) in [5.74, 6) is -2.08. The van der Waals surface area contributed by atoms with Crippen molar-refractivity contribution in [3.05, 3.63) is 35.9 Å². The van der Waals surface area contributed by atoms with Gasteiger partial charge in [0.25, 0.3) is 0 Å². The molecule has 0 aliphatic heterocycles. The van der Waals surface area contributed by atoms with Crippen LogP contribution in [0.4, 0.5) is 0 Å². The maximum Gasteiger partial charge on any atom is 0.335 e. The Balaban J connectivity index is 0.000000367. The number of hydrogen-bond donors (Lipinski definition) is 2. The molecule has 2 N–H and O–H groups in total. The Bertz CT molecular complexity index is 425. The molecular formula is C14H21NO5. The molecule has 1 atom stereocenters. The van der Waals surface area contributed by atoms with E-state index >= 15 is 0 Å². The second-order valence-electron chi connectivity index (χ2n) is 5.37. The van der Waals surface area contributed by atoms with Gasteiger partial charge in [-0.05, 0) is 12.1 Å². The van der Waals surface area contributed by atoms with Gasteiger partial charge >= 0.3 is 5.97 Å². The number of aliphatic hydroxyl groups excluding tert-OH is 1. The lowest BCUT2D eigenvalue weighted by molar-refractivity contribution is -0.873. The fourth-order valence-corrected chi connectivity index (χ4v) is 1.47. The minimum Gasteiger partial charge on any atom is -0.550 e. The lowest BCUT2D eigenvalue weighted by atomic mass is 10.2. The van der Waals surface area contributed by atoms with Crippen molar-refractivity contribution < 1.29 is 29.4 Å². The monoisotopic (exact) mass is 283 g/mol. The Morgan fingerprint density at radius 1 is 1.20 bits per heavy atom. The number of likely N-dealkylation sites (N-methyl/N-ethyl adjacent to an activating group) is 1. The average Bonchev–Trinajstić information content (AvgIpc) is 2.27. The maximum absolute atomic E-state index is 10.2. The molecule has 20 heavy (non-hydrogen) atoms. The summed E-state index contributed by atoms with van der Waals surface area (Å²) < 4.78 is 0.550. The molecule has 0 fully saturated rings. The van der Waals surface area contributed by atoms with Crippen molar-refractivity contribution >= 4 is 11.9 Å². The molecule has 0 amide bonds. The van der Waals surface area contributed by atoms with Crippen LogP contribution in [0.1, 0.15) is 16.8 Å². The number of carbonyl (C=O) groups is 2. The molecule has 1 aromatic rings. The molecule has 0 unspecified atom stereocenters. The van der Waals surface area contributed by atoms with Crippen LogP contribution in [0.5, 0.6) is 0 Å². The summed E-state index contributed by atoms with van der Waals surface area (Å²) in [4.78, 5) is 20.2. The third-order valence-corrected chi connectivity index (χ3v) is 2.18. The van der Waals surface area contributed by atoms with E-state index < -0.39 is 18.0 Å². The number of nitrogens with zero attached hydrogens (tertiary/aromatic N) is 1. The highest BCUT2D eigenvalue weighted by Crippen LogP contribution is 1.98. The Hall–Kier alpha value is -1.92. The first-order valence-corrected chi connectivity index (χ1v) is 6.08. The van der Waals surface area contributed by atoms with Crippen molar-refractivity contribution in [2.45, 2.75) is 12.5 Å². The number of carbonyl (C=O) groups excluding carboxylic acids is 1. The molecule has 0 saturated heterocycles. The molecule has 0 spiro atoms. The van der Waals surface area contributed by atoms with Gasteiger partial charge in [-0.1, -0.05) is 18.2 Å². The van der Waals surface area contributed by atoms with Crippen LogP contribution >= 0.6 is 0 Å². The Kier molecular flexibility index (Phi) is 7.49. The van der Waals surface area contributed by atoms with E-state index in [-0.39, 0.29) is 6.42 Å². The Morgan fingerprint density at radius 3 is 2.00 bits per heavy atom. The van der Waals surface area contributed by atoms with Gasteiger partial charge in [-0.25, -0.2) is 4.79 Å². The highest BCUT2D eigenvalue weighted by atomic mass is 16.4. The summed E-state index contributed by atoms with van der Waals surface area (Å²) >= 11 is 0. The molecule has 1 rings (SSSR count). The predicted molar refractivity (Wildman–Crippen MR) is 71.9 cm³/mol. The SMILES string of the molecule is C[N+](C)(C)C[C@H](O)CC(=O)[O-].O=C(O)c1ccccc1. The topological polar surface area (TPSA) is 97.7 Å². The van der Waals surface area contributed by atoms with E-state index in [4.69, 9.17) is 10.2 Å². The van der Waals surface area contributed by atoms with Gasteiger partial charge in [0.2, 0.25) is 0 Å². The van der Waals surface area contributed by atoms with Crippen LogP contribution in [0.25, 0.3) is 0 Å². The standard InChI is InChI=1S/C7H15NO3.C7H6O2/c1-8(2,3)5-6(9)4-7(10)11;8-7(9)6-4-2-1-3-5-6/h6,9H,4-5H2,1-3H3;1-5H,(H,8,9)/t6-;/m1./s1. The maximum atomic E-state index is 10.2. The van der Waals surface area contributed by atoms with Gasteiger partial charge in [-0.2, -0.15) is 0 Å². The third kappa shape index (κ3) is 10.0. The lowest BCUT2D eigenvalue weighted by Gasteiger charge is -2.26. The number of rotatable bonds is 5. The first kappa shape index (κ1) is 18.1. The van der Waals surface area contributed by atoms with E-state index in [0.29, 0.717) is 16.6 Å². The summed E-state index contributed by atoms with van der Waals surface area (Å²) in [6, 6.07) is 8.30. The van der Waals surface area contributed by atoms with Gasteiger partial charge in [0.15, 0.2) is 0 Å². The van der Waals surface area contributed by atoms with E-state index in [2.05, 4.69) is 0 Å². The molecule has 1 aromatic carbocycles. The molecule has 0 heterocycles. The van der Waals surface area contributed by atoms with Crippen molar-refractivity contribution in [3.8, 4) is 0 Å². The van der Waals surface area contributed by atoms with Crippen LogP contribution in [-0.4, -0.2) is 60.4 Å². The van der Waals surface area contributed by atoms with Gasteiger partial charge in [0.05, 0.1) is 26.7 Å². The lowest BCUT2D eigenvalue weighted by Crippen LogP contribution is -2.43. The molecule has 0 radical (unpaired) electrons. The smallest absolute Gasteiger partial charge is 0.335 e. The highest BCUT2D eigenvalue weighted by Gasteiger charge is 2.14. The fourth-order valence-electron chi connectivity index (χ4n) is 1.47. The van der Waals surface area contributed by atoms with Crippen LogP contribution in [0, 0.1) is 0 Å². The summed E-state index contributed by atoms with van der Waals surface area (Å²) in [5.41, 5.74) is 0.331. The number of carboxylic acid groups (broad SMARTS) is 2. The second-order valence-corrected chi connectivity index (χ2v) is 5.37. The molecule has 6 heteroatoms. The minimum absolute atomic E-state index is 0.282. The second kappa shape index (κ2) is 8.29. The molecule has 0 saturated carbocycles. The first-order valence-electron chi connectivity index (χ1n) is 6.08. The zero-order valence-corrected chi connectivity index (χ0v) is 11.9. The Morgan fingerprint density at radius 2 is 1.70 bits per heavy atom. The number of benzene rings is 1. The zero-order valence-electron chi connectivity index (χ0n) is 11.9. The van der Waals surface area contributed by atoms with Crippen LogP contribution in [0.15, 0.2) is 30.3 Å². The summed E-state index contributed by atoms with van der Waals surface area (Å²) in [7, 11) is 5.66. The van der Waals surface area contributed by atoms with Crippen molar-refractivity contribution in [1.29, 1.82) is 0 Å². The number of carboxylic acids is 2. The fraction of sp³-hybridized carbons (Fsp3) is 0.429. The zero-order chi connectivity index (χ0) is 15.8. The molecule has 6 nitrogen and oxygen atoms in total. The summed E-state index contributed by atoms with van der Waals surface area (Å²) in [6.45, 7) is 0.425. The van der Waals surface area contributed by atoms with E-state index in [1.54, 1.807) is 30.3 Å². The summed E-state index contributed by atoms with van der Waals surface area (Å²) in [5, 5.41) is 27.5. The van der Waals surface area contributed by atoms with Gasteiger partial charge in [0, 0.05) is 12.4 Å². The van der Waals surface area contributed by atoms with Crippen LogP contribution in [-0.2, 0) is 4.79 Å². The van der Waals surface area contributed by atoms with Crippen LogP contribution in [0.2, 0.25) is 0 Å².